The van der Waals surface area contributed by atoms with Gasteiger partial charge < -0.3 is 5.32 Å². The molecule has 4 rings (SSSR count). The summed E-state index contributed by atoms with van der Waals surface area (Å²) in [5, 5.41) is 7.44. The van der Waals surface area contributed by atoms with Gasteiger partial charge in [-0.25, -0.2) is 0 Å². The number of nitrogens with zero attached hydrogens (tertiary/aromatic N) is 1. The Kier molecular flexibility index (Phi) is 1.88. The predicted molar refractivity (Wildman–Crippen MR) is 69.3 cm³/mol. The van der Waals surface area contributed by atoms with Crippen LogP contribution in [-0.4, -0.2) is 11.6 Å². The molecule has 0 bridgehead atoms. The van der Waals surface area contributed by atoms with Crippen LogP contribution in [0.15, 0.2) is 29.4 Å². The largest absolute Gasteiger partial charge is 0.323 e. The van der Waals surface area contributed by atoms with Gasteiger partial charge in [-0.2, -0.15) is 5.10 Å². The zero-order valence-electron chi connectivity index (χ0n) is 10.1. The van der Waals surface area contributed by atoms with Gasteiger partial charge >= 0.3 is 0 Å². The van der Waals surface area contributed by atoms with Crippen LogP contribution in [0.2, 0.25) is 0 Å². The van der Waals surface area contributed by atoms with E-state index in [9.17, 15) is 4.79 Å². The van der Waals surface area contributed by atoms with E-state index in [0.717, 1.165) is 24.1 Å². The van der Waals surface area contributed by atoms with Crippen molar-refractivity contribution in [2.45, 2.75) is 31.2 Å². The summed E-state index contributed by atoms with van der Waals surface area (Å²) in [6, 6.07) is 7.94. The number of hydrazone groups is 1. The lowest BCUT2D eigenvalue weighted by molar-refractivity contribution is -0.123. The standard InChI is InChI=1S/C14H15N3O/c18-13-14(9-5-1-3-7-11(9)15-13)10-6-2-4-8-12(10)16-17-14/h1,3,5,7,10,17H,2,4,6,8H2,(H,15,18). The SMILES string of the molecule is O=C1Nc2ccccc2C12NN=C1CCCCC12. The van der Waals surface area contributed by atoms with Crippen molar-refractivity contribution in [2.24, 2.45) is 11.0 Å². The Morgan fingerprint density at radius 1 is 1.28 bits per heavy atom. The highest BCUT2D eigenvalue weighted by Gasteiger charge is 2.57. The van der Waals surface area contributed by atoms with Crippen molar-refractivity contribution < 1.29 is 4.79 Å². The molecule has 2 heterocycles. The lowest BCUT2D eigenvalue weighted by atomic mass is 9.72. The number of para-hydroxylation sites is 1. The summed E-state index contributed by atoms with van der Waals surface area (Å²) in [6.45, 7) is 0. The van der Waals surface area contributed by atoms with E-state index in [4.69, 9.17) is 0 Å². The summed E-state index contributed by atoms with van der Waals surface area (Å²) in [5.74, 6) is 0.282. The minimum absolute atomic E-state index is 0.0503. The quantitative estimate of drug-likeness (QED) is 0.729. The highest BCUT2D eigenvalue weighted by molar-refractivity contribution is 6.10. The van der Waals surface area contributed by atoms with E-state index in [1.165, 1.54) is 18.6 Å². The maximum atomic E-state index is 12.5. The van der Waals surface area contributed by atoms with Gasteiger partial charge in [0.2, 0.25) is 0 Å². The molecular formula is C14H15N3O. The van der Waals surface area contributed by atoms with Gasteiger partial charge in [0, 0.05) is 22.9 Å². The highest BCUT2D eigenvalue weighted by Crippen LogP contribution is 2.47. The first-order chi connectivity index (χ1) is 8.82. The first kappa shape index (κ1) is 10.1. The average molecular weight is 241 g/mol. The first-order valence-corrected chi connectivity index (χ1v) is 6.57. The number of nitrogens with one attached hydrogen (secondary N) is 2. The van der Waals surface area contributed by atoms with Crippen molar-refractivity contribution in [3.63, 3.8) is 0 Å². The van der Waals surface area contributed by atoms with E-state index >= 15 is 0 Å². The average Bonchev–Trinajstić information content (AvgIpc) is 2.92. The van der Waals surface area contributed by atoms with E-state index in [1.807, 2.05) is 24.3 Å². The molecular weight excluding hydrogens is 226 g/mol. The molecule has 0 saturated heterocycles. The van der Waals surface area contributed by atoms with Crippen molar-refractivity contribution in [2.75, 3.05) is 5.32 Å². The fourth-order valence-electron chi connectivity index (χ4n) is 3.57. The van der Waals surface area contributed by atoms with Crippen LogP contribution < -0.4 is 10.7 Å². The Morgan fingerprint density at radius 3 is 3.11 bits per heavy atom. The van der Waals surface area contributed by atoms with Gasteiger partial charge in [-0.15, -0.1) is 0 Å². The molecule has 4 nitrogen and oxygen atoms in total. The Hall–Kier alpha value is -1.84. The van der Waals surface area contributed by atoms with Crippen LogP contribution >= 0.6 is 0 Å². The van der Waals surface area contributed by atoms with Gasteiger partial charge in [0.05, 0.1) is 0 Å². The monoisotopic (exact) mass is 241 g/mol. The van der Waals surface area contributed by atoms with Crippen LogP contribution in [0, 0.1) is 5.92 Å². The first-order valence-electron chi connectivity index (χ1n) is 6.57. The van der Waals surface area contributed by atoms with Crippen molar-refractivity contribution in [3.05, 3.63) is 29.8 Å². The summed E-state index contributed by atoms with van der Waals surface area (Å²) < 4.78 is 0. The molecule has 1 amide bonds. The smallest absolute Gasteiger partial charge is 0.257 e. The number of amides is 1. The molecule has 2 unspecified atom stereocenters. The van der Waals surface area contributed by atoms with Crippen LogP contribution in [0.5, 0.6) is 0 Å². The van der Waals surface area contributed by atoms with Crippen molar-refractivity contribution in [1.29, 1.82) is 0 Å². The number of hydrogen-bond acceptors (Lipinski definition) is 3. The maximum absolute atomic E-state index is 12.5. The third kappa shape index (κ3) is 1.06. The van der Waals surface area contributed by atoms with Crippen LogP contribution in [0.1, 0.15) is 31.2 Å². The van der Waals surface area contributed by atoms with Crippen LogP contribution in [-0.2, 0) is 10.3 Å². The molecule has 3 aliphatic rings. The summed E-state index contributed by atoms with van der Waals surface area (Å²) >= 11 is 0. The second kappa shape index (κ2) is 3.34. The topological polar surface area (TPSA) is 53.5 Å². The molecule has 1 aliphatic carbocycles. The number of hydrogen-bond donors (Lipinski definition) is 2. The number of fused-ring (bicyclic) bond motifs is 4. The Labute approximate surface area is 105 Å². The Balaban J connectivity index is 1.87. The summed E-state index contributed by atoms with van der Waals surface area (Å²) in [4.78, 5) is 12.5. The van der Waals surface area contributed by atoms with Gasteiger partial charge in [-0.1, -0.05) is 24.6 Å². The van der Waals surface area contributed by atoms with Gasteiger partial charge in [-0.05, 0) is 25.3 Å². The molecule has 18 heavy (non-hydrogen) atoms. The molecule has 4 heteroatoms. The van der Waals surface area contributed by atoms with Gasteiger partial charge in [-0.3, -0.25) is 10.2 Å². The highest BCUT2D eigenvalue weighted by atomic mass is 16.2. The summed E-state index contributed by atoms with van der Waals surface area (Å²) in [5.41, 5.74) is 5.68. The summed E-state index contributed by atoms with van der Waals surface area (Å²) in [6.07, 6.45) is 4.45. The van der Waals surface area contributed by atoms with E-state index < -0.39 is 5.54 Å². The molecule has 2 aliphatic heterocycles. The Morgan fingerprint density at radius 2 is 2.17 bits per heavy atom. The molecule has 1 fully saturated rings. The maximum Gasteiger partial charge on any atom is 0.257 e. The van der Waals surface area contributed by atoms with Crippen LogP contribution in [0.3, 0.4) is 0 Å². The lowest BCUT2D eigenvalue weighted by Crippen LogP contribution is -2.49. The molecule has 0 aromatic heterocycles. The molecule has 1 saturated carbocycles. The lowest BCUT2D eigenvalue weighted by Gasteiger charge is -2.31. The zero-order valence-corrected chi connectivity index (χ0v) is 10.1. The Bertz CT molecular complexity index is 566. The van der Waals surface area contributed by atoms with Gasteiger partial charge in [0.1, 0.15) is 0 Å². The van der Waals surface area contributed by atoms with Gasteiger partial charge in [0.15, 0.2) is 5.54 Å². The number of rotatable bonds is 0. The van der Waals surface area contributed by atoms with E-state index in [2.05, 4.69) is 15.8 Å². The van der Waals surface area contributed by atoms with Crippen molar-refractivity contribution in [1.82, 2.24) is 5.43 Å². The fraction of sp³-hybridized carbons (Fsp3) is 0.429. The van der Waals surface area contributed by atoms with Crippen molar-refractivity contribution in [3.8, 4) is 0 Å². The minimum Gasteiger partial charge on any atom is -0.323 e. The normalized spacial score (nSPS) is 32.6. The number of anilines is 1. The number of carbonyl (C=O) groups is 1. The zero-order chi connectivity index (χ0) is 12.2. The second-order valence-electron chi connectivity index (χ2n) is 5.32. The molecule has 2 atom stereocenters. The van der Waals surface area contributed by atoms with Crippen LogP contribution in [0.4, 0.5) is 5.69 Å². The predicted octanol–water partition coefficient (Wildman–Crippen LogP) is 1.98. The second-order valence-corrected chi connectivity index (χ2v) is 5.32. The molecule has 0 radical (unpaired) electrons. The van der Waals surface area contributed by atoms with E-state index in [-0.39, 0.29) is 11.8 Å². The number of carbonyl (C=O) groups excluding carboxylic acids is 1. The van der Waals surface area contributed by atoms with Gasteiger partial charge in [0.25, 0.3) is 5.91 Å². The third-order valence-corrected chi connectivity index (χ3v) is 4.43. The van der Waals surface area contributed by atoms with E-state index in [1.54, 1.807) is 0 Å². The third-order valence-electron chi connectivity index (χ3n) is 4.43. The summed E-state index contributed by atoms with van der Waals surface area (Å²) in [7, 11) is 0. The number of benzene rings is 1. The molecule has 1 aromatic rings. The minimum atomic E-state index is -0.633. The molecule has 92 valence electrons. The van der Waals surface area contributed by atoms with E-state index in [0.29, 0.717) is 0 Å². The molecule has 1 aromatic carbocycles. The fourth-order valence-corrected chi connectivity index (χ4v) is 3.57. The van der Waals surface area contributed by atoms with Crippen LogP contribution in [0.25, 0.3) is 0 Å². The molecule has 1 spiro atoms. The van der Waals surface area contributed by atoms with Crippen molar-refractivity contribution >= 4 is 17.3 Å². The molecule has 2 N–H and O–H groups in total.